The van der Waals surface area contributed by atoms with E-state index in [-0.39, 0.29) is 18.1 Å². The number of carbonyl (C=O) groups is 1. The Morgan fingerprint density at radius 3 is 2.47 bits per heavy atom. The summed E-state index contributed by atoms with van der Waals surface area (Å²) in [5, 5.41) is 4.78. The summed E-state index contributed by atoms with van der Waals surface area (Å²) in [6, 6.07) is 12.8. The molecule has 2 bridgehead atoms. The van der Waals surface area contributed by atoms with Crippen molar-refractivity contribution in [2.24, 2.45) is 5.92 Å². The highest BCUT2D eigenvalue weighted by molar-refractivity contribution is 7.90. The summed E-state index contributed by atoms with van der Waals surface area (Å²) in [5.74, 6) is 0.869. The number of nitrogens with one attached hydrogen (secondary N) is 1. The Morgan fingerprint density at radius 1 is 1.02 bits per heavy atom. The first-order valence-corrected chi connectivity index (χ1v) is 17.1. The number of benzene rings is 2. The SMILES string of the molecule is O=C(NS(=O)(=O)C1CCOCC1)c1ccccc1N1C[C@@H]2C[C@H]1C[C@H]2OCc1c(-c2c(Cl)cccc2Cl)noc1C1CC1. The molecule has 1 N–H and O–H groups in total. The molecule has 2 aromatic carbocycles. The summed E-state index contributed by atoms with van der Waals surface area (Å²) < 4.78 is 45.8. The van der Waals surface area contributed by atoms with Crippen LogP contribution >= 0.6 is 23.2 Å². The van der Waals surface area contributed by atoms with Crippen LogP contribution in [-0.4, -0.2) is 56.6 Å². The second-order valence-corrected chi connectivity index (χ2v) is 14.7. The van der Waals surface area contributed by atoms with Crippen LogP contribution in [0.2, 0.25) is 10.0 Å². The molecule has 1 amide bonds. The fourth-order valence-corrected chi connectivity index (χ4v) is 8.74. The first-order valence-electron chi connectivity index (χ1n) is 14.8. The maximum absolute atomic E-state index is 13.3. The number of carbonyl (C=O) groups excluding carboxylic acids is 1. The van der Waals surface area contributed by atoms with E-state index < -0.39 is 21.2 Å². The van der Waals surface area contributed by atoms with Gasteiger partial charge >= 0.3 is 0 Å². The highest BCUT2D eigenvalue weighted by Gasteiger charge is 2.46. The van der Waals surface area contributed by atoms with Crippen molar-refractivity contribution >= 4 is 44.8 Å². The van der Waals surface area contributed by atoms with Crippen LogP contribution in [0.5, 0.6) is 0 Å². The van der Waals surface area contributed by atoms with Crippen LogP contribution in [0.4, 0.5) is 5.69 Å². The van der Waals surface area contributed by atoms with Gasteiger partial charge < -0.3 is 18.9 Å². The molecule has 43 heavy (non-hydrogen) atoms. The fraction of sp³-hybridized carbons (Fsp3) is 0.484. The Bertz CT molecular complexity index is 1620. The van der Waals surface area contributed by atoms with Crippen molar-refractivity contribution in [1.82, 2.24) is 9.88 Å². The van der Waals surface area contributed by atoms with Gasteiger partial charge in [-0.05, 0) is 62.8 Å². The maximum Gasteiger partial charge on any atom is 0.266 e. The average molecular weight is 647 g/mol. The van der Waals surface area contributed by atoms with Crippen LogP contribution < -0.4 is 9.62 Å². The summed E-state index contributed by atoms with van der Waals surface area (Å²) in [5.41, 5.74) is 3.32. The van der Waals surface area contributed by atoms with Gasteiger partial charge in [-0.3, -0.25) is 4.79 Å². The Hall–Kier alpha value is -2.63. The van der Waals surface area contributed by atoms with Gasteiger partial charge in [-0.25, -0.2) is 13.1 Å². The van der Waals surface area contributed by atoms with Gasteiger partial charge in [0.2, 0.25) is 10.0 Å². The van der Waals surface area contributed by atoms with E-state index in [0.717, 1.165) is 42.7 Å². The van der Waals surface area contributed by atoms with E-state index in [1.807, 2.05) is 12.1 Å². The first-order chi connectivity index (χ1) is 20.8. The van der Waals surface area contributed by atoms with Crippen molar-refractivity contribution in [2.75, 3.05) is 24.7 Å². The second-order valence-electron chi connectivity index (χ2n) is 11.9. The molecule has 3 heterocycles. The molecule has 2 saturated heterocycles. The lowest BCUT2D eigenvalue weighted by molar-refractivity contribution is 0.0122. The van der Waals surface area contributed by atoms with Gasteiger partial charge in [-0.15, -0.1) is 0 Å². The van der Waals surface area contributed by atoms with Gasteiger partial charge in [-0.2, -0.15) is 0 Å². The average Bonchev–Trinajstić information content (AvgIpc) is 3.45. The largest absolute Gasteiger partial charge is 0.381 e. The molecule has 4 fully saturated rings. The minimum atomic E-state index is -3.80. The molecule has 3 aromatic rings. The van der Waals surface area contributed by atoms with Crippen molar-refractivity contribution in [1.29, 1.82) is 0 Å². The van der Waals surface area contributed by atoms with E-state index >= 15 is 0 Å². The molecular formula is C31H33Cl2N3O6S. The number of hydrogen-bond acceptors (Lipinski definition) is 8. The number of para-hydroxylation sites is 1. The van der Waals surface area contributed by atoms with Gasteiger partial charge in [-0.1, -0.05) is 46.6 Å². The van der Waals surface area contributed by atoms with Crippen LogP contribution in [0, 0.1) is 5.92 Å². The monoisotopic (exact) mass is 645 g/mol. The third-order valence-electron chi connectivity index (χ3n) is 9.19. The molecule has 2 aliphatic carbocycles. The minimum Gasteiger partial charge on any atom is -0.381 e. The van der Waals surface area contributed by atoms with Crippen molar-refractivity contribution in [2.45, 2.75) is 68.4 Å². The number of nitrogens with zero attached hydrogens (tertiary/aromatic N) is 2. The molecule has 228 valence electrons. The number of fused-ring (bicyclic) bond motifs is 2. The van der Waals surface area contributed by atoms with Crippen molar-refractivity contribution < 1.29 is 27.2 Å². The highest BCUT2D eigenvalue weighted by atomic mass is 35.5. The third-order valence-corrected chi connectivity index (χ3v) is 11.6. The van der Waals surface area contributed by atoms with Crippen LogP contribution in [-0.2, 0) is 26.1 Å². The lowest BCUT2D eigenvalue weighted by Crippen LogP contribution is -2.42. The predicted octanol–water partition coefficient (Wildman–Crippen LogP) is 5.95. The maximum atomic E-state index is 13.3. The molecular weight excluding hydrogens is 613 g/mol. The van der Waals surface area contributed by atoms with Crippen LogP contribution in [0.3, 0.4) is 0 Å². The number of amides is 1. The quantitative estimate of drug-likeness (QED) is 0.304. The number of hydrogen-bond donors (Lipinski definition) is 1. The Morgan fingerprint density at radius 2 is 1.77 bits per heavy atom. The lowest BCUT2D eigenvalue weighted by Gasteiger charge is -2.34. The smallest absolute Gasteiger partial charge is 0.266 e. The Kier molecular flexibility index (Phi) is 7.92. The van der Waals surface area contributed by atoms with Gasteiger partial charge in [0.25, 0.3) is 5.91 Å². The Balaban J connectivity index is 1.05. The van der Waals surface area contributed by atoms with E-state index in [4.69, 9.17) is 37.2 Å². The minimum absolute atomic E-state index is 0.0349. The molecule has 0 radical (unpaired) electrons. The van der Waals surface area contributed by atoms with Crippen LogP contribution in [0.1, 0.15) is 66.1 Å². The predicted molar refractivity (Wildman–Crippen MR) is 163 cm³/mol. The van der Waals surface area contributed by atoms with Gasteiger partial charge in [0, 0.05) is 54.5 Å². The van der Waals surface area contributed by atoms with Crippen molar-refractivity contribution in [3.63, 3.8) is 0 Å². The standard InChI is InChI=1S/C31H33Cl2N3O6S/c32-24-5-3-6-25(33)28(24)29-23(30(42-34-29)18-8-9-18)17-41-27-15-20-14-19(27)16-36(20)26-7-2-1-4-22(26)31(37)35-43(38,39)21-10-12-40-13-11-21/h1-7,18-21,27H,8-17H2,(H,35,37)/t19-,20-,27+/m0/s1. The van der Waals surface area contributed by atoms with E-state index in [9.17, 15) is 13.2 Å². The molecule has 7 rings (SSSR count). The zero-order chi connectivity index (χ0) is 29.7. The summed E-state index contributed by atoms with van der Waals surface area (Å²) >= 11 is 13.0. The van der Waals surface area contributed by atoms with Gasteiger partial charge in [0.1, 0.15) is 11.5 Å². The summed E-state index contributed by atoms with van der Waals surface area (Å²) in [6.07, 6.45) is 4.65. The van der Waals surface area contributed by atoms with E-state index in [1.54, 1.807) is 30.3 Å². The number of halogens is 2. The van der Waals surface area contributed by atoms with Crippen molar-refractivity contribution in [3.05, 3.63) is 69.4 Å². The molecule has 2 aliphatic heterocycles. The molecule has 3 atom stereocenters. The number of sulfonamides is 1. The first kappa shape index (κ1) is 29.1. The third kappa shape index (κ3) is 5.68. The zero-order valence-corrected chi connectivity index (χ0v) is 25.8. The number of aromatic nitrogens is 1. The van der Waals surface area contributed by atoms with Gasteiger partial charge in [0.05, 0.1) is 33.6 Å². The number of ether oxygens (including phenoxy) is 2. The number of anilines is 1. The Labute approximate surface area is 260 Å². The molecule has 9 nitrogen and oxygen atoms in total. The zero-order valence-electron chi connectivity index (χ0n) is 23.5. The topological polar surface area (TPSA) is 111 Å². The van der Waals surface area contributed by atoms with Crippen LogP contribution in [0.25, 0.3) is 11.3 Å². The van der Waals surface area contributed by atoms with E-state index in [1.165, 1.54) is 0 Å². The lowest BCUT2D eigenvalue weighted by atomic mass is 10.0. The van der Waals surface area contributed by atoms with E-state index in [0.29, 0.717) is 72.0 Å². The second kappa shape index (κ2) is 11.7. The highest BCUT2D eigenvalue weighted by Crippen LogP contribution is 2.47. The van der Waals surface area contributed by atoms with E-state index in [2.05, 4.69) is 14.8 Å². The summed E-state index contributed by atoms with van der Waals surface area (Å²) in [7, 11) is -3.80. The molecule has 4 aliphatic rings. The molecule has 2 saturated carbocycles. The number of rotatable bonds is 9. The number of piperidine rings is 1. The molecule has 1 aromatic heterocycles. The fourth-order valence-electron chi connectivity index (χ4n) is 6.81. The van der Waals surface area contributed by atoms with Gasteiger partial charge in [0.15, 0.2) is 0 Å². The summed E-state index contributed by atoms with van der Waals surface area (Å²) in [4.78, 5) is 15.5. The van der Waals surface area contributed by atoms with Crippen LogP contribution in [0.15, 0.2) is 47.0 Å². The molecule has 0 unspecified atom stereocenters. The normalized spacial score (nSPS) is 24.0. The summed E-state index contributed by atoms with van der Waals surface area (Å²) in [6.45, 7) is 1.83. The van der Waals surface area contributed by atoms with Crippen molar-refractivity contribution in [3.8, 4) is 11.3 Å². The molecule has 0 spiro atoms. The molecule has 12 heteroatoms.